The number of carbonyl (C=O) groups is 1. The first-order valence-corrected chi connectivity index (χ1v) is 8.90. The summed E-state index contributed by atoms with van der Waals surface area (Å²) in [5.41, 5.74) is 0.886. The third kappa shape index (κ3) is 4.75. The lowest BCUT2D eigenvalue weighted by Gasteiger charge is -2.21. The molecule has 1 amide bonds. The van der Waals surface area contributed by atoms with E-state index < -0.39 is 0 Å². The normalized spacial score (nSPS) is 14.3. The molecule has 0 saturated heterocycles. The third-order valence-electron chi connectivity index (χ3n) is 3.01. The summed E-state index contributed by atoms with van der Waals surface area (Å²) in [4.78, 5) is 17.6. The van der Waals surface area contributed by atoms with E-state index in [9.17, 15) is 9.90 Å². The molecule has 6 heteroatoms. The standard InChI is InChI=1S/C14H24N2O2S2/c1-8(2)6-11-13(20-10(4)16-11)14(18)15-9(3)12(7-17)19-5/h8-9,12,17H,6-7H2,1-5H3,(H,15,18). The van der Waals surface area contributed by atoms with Crippen molar-refractivity contribution in [1.29, 1.82) is 0 Å². The van der Waals surface area contributed by atoms with Crippen molar-refractivity contribution in [1.82, 2.24) is 10.3 Å². The highest BCUT2D eigenvalue weighted by atomic mass is 32.2. The van der Waals surface area contributed by atoms with Crippen molar-refractivity contribution in [3.8, 4) is 0 Å². The number of thiazole rings is 1. The fourth-order valence-electron chi connectivity index (χ4n) is 1.97. The van der Waals surface area contributed by atoms with Crippen LogP contribution in [0.2, 0.25) is 0 Å². The van der Waals surface area contributed by atoms with Crippen molar-refractivity contribution >= 4 is 29.0 Å². The largest absolute Gasteiger partial charge is 0.395 e. The Morgan fingerprint density at radius 2 is 2.10 bits per heavy atom. The molecule has 0 aliphatic heterocycles. The zero-order valence-corrected chi connectivity index (χ0v) is 14.4. The van der Waals surface area contributed by atoms with Crippen LogP contribution >= 0.6 is 23.1 Å². The smallest absolute Gasteiger partial charge is 0.263 e. The van der Waals surface area contributed by atoms with Crippen LogP contribution in [-0.4, -0.2) is 40.2 Å². The molecule has 0 fully saturated rings. The number of hydrogen-bond acceptors (Lipinski definition) is 5. The van der Waals surface area contributed by atoms with Crippen molar-refractivity contribution < 1.29 is 9.90 Å². The molecule has 1 aromatic rings. The van der Waals surface area contributed by atoms with Crippen molar-refractivity contribution in [2.75, 3.05) is 12.9 Å². The van der Waals surface area contributed by atoms with Crippen molar-refractivity contribution in [3.63, 3.8) is 0 Å². The Kier molecular flexibility index (Phi) is 6.99. The summed E-state index contributed by atoms with van der Waals surface area (Å²) in [6.45, 7) is 8.14. The van der Waals surface area contributed by atoms with Gasteiger partial charge in [0, 0.05) is 11.3 Å². The van der Waals surface area contributed by atoms with Gasteiger partial charge in [-0.05, 0) is 32.4 Å². The van der Waals surface area contributed by atoms with Crippen LogP contribution in [0.3, 0.4) is 0 Å². The quantitative estimate of drug-likeness (QED) is 0.811. The number of rotatable bonds is 7. The summed E-state index contributed by atoms with van der Waals surface area (Å²) in [5.74, 6) is 0.392. The molecule has 1 rings (SSSR count). The van der Waals surface area contributed by atoms with E-state index in [0.717, 1.165) is 17.1 Å². The van der Waals surface area contributed by atoms with Gasteiger partial charge in [-0.1, -0.05) is 13.8 Å². The number of thioether (sulfide) groups is 1. The topological polar surface area (TPSA) is 62.2 Å². The maximum absolute atomic E-state index is 12.4. The van der Waals surface area contributed by atoms with Gasteiger partial charge in [-0.2, -0.15) is 11.8 Å². The average molecular weight is 316 g/mol. The van der Waals surface area contributed by atoms with Gasteiger partial charge in [0.25, 0.3) is 5.91 Å². The summed E-state index contributed by atoms with van der Waals surface area (Å²) in [5, 5.41) is 13.2. The predicted molar refractivity (Wildman–Crippen MR) is 86.7 cm³/mol. The summed E-state index contributed by atoms with van der Waals surface area (Å²) >= 11 is 3.00. The number of hydrogen-bond donors (Lipinski definition) is 2. The lowest BCUT2D eigenvalue weighted by molar-refractivity contribution is 0.0939. The summed E-state index contributed by atoms with van der Waals surface area (Å²) < 4.78 is 0. The van der Waals surface area contributed by atoms with Crippen LogP contribution in [0, 0.1) is 12.8 Å². The van der Waals surface area contributed by atoms with Crippen LogP contribution in [0.15, 0.2) is 0 Å². The SMILES string of the molecule is CSC(CO)C(C)NC(=O)c1sc(C)nc1CC(C)C. The number of nitrogens with zero attached hydrogens (tertiary/aromatic N) is 1. The number of aliphatic hydroxyl groups excluding tert-OH is 1. The molecular weight excluding hydrogens is 292 g/mol. The average Bonchev–Trinajstić information content (AvgIpc) is 2.70. The second kappa shape index (κ2) is 8.00. The van der Waals surface area contributed by atoms with E-state index >= 15 is 0 Å². The number of amides is 1. The van der Waals surface area contributed by atoms with Gasteiger partial charge in [-0.3, -0.25) is 4.79 Å². The molecule has 2 unspecified atom stereocenters. The Labute approximate surface area is 129 Å². The van der Waals surface area contributed by atoms with Gasteiger partial charge >= 0.3 is 0 Å². The van der Waals surface area contributed by atoms with Gasteiger partial charge < -0.3 is 10.4 Å². The Balaban J connectivity index is 2.81. The number of aliphatic hydroxyl groups is 1. The van der Waals surface area contributed by atoms with Crippen LogP contribution in [0.4, 0.5) is 0 Å². The monoisotopic (exact) mass is 316 g/mol. The number of aryl methyl sites for hydroxylation is 1. The van der Waals surface area contributed by atoms with E-state index in [-0.39, 0.29) is 23.8 Å². The van der Waals surface area contributed by atoms with Gasteiger partial charge in [0.2, 0.25) is 0 Å². The fourth-order valence-corrected chi connectivity index (χ4v) is 3.45. The van der Waals surface area contributed by atoms with Gasteiger partial charge in [0.05, 0.1) is 17.3 Å². The van der Waals surface area contributed by atoms with Crippen LogP contribution < -0.4 is 5.32 Å². The molecule has 0 aliphatic rings. The Hall–Kier alpha value is -0.590. The molecule has 0 aromatic carbocycles. The van der Waals surface area contributed by atoms with Gasteiger partial charge in [0.1, 0.15) is 4.88 Å². The van der Waals surface area contributed by atoms with Crippen molar-refractivity contribution in [3.05, 3.63) is 15.6 Å². The van der Waals surface area contributed by atoms with Crippen LogP contribution in [0.5, 0.6) is 0 Å². The first-order chi connectivity index (χ1) is 9.38. The Bertz CT molecular complexity index is 442. The molecule has 20 heavy (non-hydrogen) atoms. The number of carbonyl (C=O) groups excluding carboxylic acids is 1. The highest BCUT2D eigenvalue weighted by Crippen LogP contribution is 2.21. The second-order valence-electron chi connectivity index (χ2n) is 5.33. The molecule has 4 nitrogen and oxygen atoms in total. The lowest BCUT2D eigenvalue weighted by atomic mass is 10.1. The van der Waals surface area contributed by atoms with E-state index in [2.05, 4.69) is 24.1 Å². The van der Waals surface area contributed by atoms with Gasteiger partial charge in [0.15, 0.2) is 0 Å². The third-order valence-corrected chi connectivity index (χ3v) is 5.19. The molecule has 0 aliphatic carbocycles. The number of nitrogens with one attached hydrogen (secondary N) is 1. The van der Waals surface area contributed by atoms with E-state index in [4.69, 9.17) is 0 Å². The maximum atomic E-state index is 12.4. The van der Waals surface area contributed by atoms with E-state index in [1.807, 2.05) is 20.1 Å². The fraction of sp³-hybridized carbons (Fsp3) is 0.714. The summed E-state index contributed by atoms with van der Waals surface area (Å²) in [7, 11) is 0. The van der Waals surface area contributed by atoms with Crippen LogP contribution in [-0.2, 0) is 6.42 Å². The minimum atomic E-state index is -0.0775. The van der Waals surface area contributed by atoms with Crippen molar-refractivity contribution in [2.24, 2.45) is 5.92 Å². The molecule has 0 radical (unpaired) electrons. The highest BCUT2D eigenvalue weighted by molar-refractivity contribution is 7.99. The molecule has 1 aromatic heterocycles. The Morgan fingerprint density at radius 3 is 2.60 bits per heavy atom. The van der Waals surface area contributed by atoms with Crippen molar-refractivity contribution in [2.45, 2.75) is 45.4 Å². The zero-order valence-electron chi connectivity index (χ0n) is 12.8. The molecule has 0 spiro atoms. The highest BCUT2D eigenvalue weighted by Gasteiger charge is 2.22. The molecule has 1 heterocycles. The molecular formula is C14H24N2O2S2. The van der Waals surface area contributed by atoms with Crippen LogP contribution in [0.1, 0.15) is 41.1 Å². The molecule has 2 atom stereocenters. The van der Waals surface area contributed by atoms with Crippen LogP contribution in [0.25, 0.3) is 0 Å². The second-order valence-corrected chi connectivity index (χ2v) is 7.61. The van der Waals surface area contributed by atoms with E-state index in [0.29, 0.717) is 10.8 Å². The lowest BCUT2D eigenvalue weighted by Crippen LogP contribution is -2.41. The summed E-state index contributed by atoms with van der Waals surface area (Å²) in [6.07, 6.45) is 2.75. The molecule has 0 saturated carbocycles. The molecule has 2 N–H and O–H groups in total. The van der Waals surface area contributed by atoms with E-state index in [1.165, 1.54) is 11.3 Å². The molecule has 0 bridgehead atoms. The minimum Gasteiger partial charge on any atom is -0.395 e. The zero-order chi connectivity index (χ0) is 15.3. The van der Waals surface area contributed by atoms with E-state index in [1.54, 1.807) is 11.8 Å². The minimum absolute atomic E-state index is 0.0153. The first-order valence-electron chi connectivity index (χ1n) is 6.79. The predicted octanol–water partition coefficient (Wildman–Crippen LogP) is 2.49. The number of aromatic nitrogens is 1. The van der Waals surface area contributed by atoms with Gasteiger partial charge in [-0.15, -0.1) is 11.3 Å². The maximum Gasteiger partial charge on any atom is 0.263 e. The van der Waals surface area contributed by atoms with Gasteiger partial charge in [-0.25, -0.2) is 4.98 Å². The Morgan fingerprint density at radius 1 is 1.45 bits per heavy atom. The summed E-state index contributed by atoms with van der Waals surface area (Å²) in [6, 6.07) is -0.0724. The molecule has 114 valence electrons. The first kappa shape index (κ1) is 17.5.